The second-order valence-electron chi connectivity index (χ2n) is 9.40. The predicted molar refractivity (Wildman–Crippen MR) is 122 cm³/mol. The molecule has 0 amide bonds. The molecule has 2 rings (SSSR count). The van der Waals surface area contributed by atoms with E-state index in [0.29, 0.717) is 11.3 Å². The smallest absolute Gasteiger partial charge is 0.333 e. The first kappa shape index (κ1) is 25.4. The molecular formula is C26H32F2O4. The van der Waals surface area contributed by atoms with Crippen LogP contribution in [-0.2, 0) is 9.53 Å². The summed E-state index contributed by atoms with van der Waals surface area (Å²) in [5, 5.41) is 0. The van der Waals surface area contributed by atoms with Gasteiger partial charge in [-0.15, -0.1) is 0 Å². The Bertz CT molecular complexity index is 976. The molecule has 0 aromatic heterocycles. The van der Waals surface area contributed by atoms with E-state index in [-0.39, 0.29) is 29.4 Å². The SMILES string of the molecule is C=C(C)C(=O)OC(C)(C)CC(C)(C)Oc1ccc(-c2ccc(OC(C)C)cc2)c(F)c1F. The van der Waals surface area contributed by atoms with E-state index in [2.05, 4.69) is 6.58 Å². The quantitative estimate of drug-likeness (QED) is 0.312. The predicted octanol–water partition coefficient (Wildman–Crippen LogP) is 6.86. The van der Waals surface area contributed by atoms with Gasteiger partial charge in [-0.05, 0) is 78.3 Å². The van der Waals surface area contributed by atoms with Crippen LogP contribution >= 0.6 is 0 Å². The molecule has 2 aromatic carbocycles. The number of benzene rings is 2. The average molecular weight is 447 g/mol. The Labute approximate surface area is 189 Å². The van der Waals surface area contributed by atoms with Crippen LogP contribution in [0.2, 0.25) is 0 Å². The third kappa shape index (κ3) is 6.81. The number of halogens is 2. The van der Waals surface area contributed by atoms with E-state index < -0.39 is 28.8 Å². The van der Waals surface area contributed by atoms with Gasteiger partial charge in [-0.1, -0.05) is 18.7 Å². The van der Waals surface area contributed by atoms with Gasteiger partial charge < -0.3 is 14.2 Å². The van der Waals surface area contributed by atoms with Crippen LogP contribution in [0, 0.1) is 11.6 Å². The fourth-order valence-corrected chi connectivity index (χ4v) is 3.55. The number of hydrogen-bond donors (Lipinski definition) is 0. The second-order valence-corrected chi connectivity index (χ2v) is 9.40. The van der Waals surface area contributed by atoms with Gasteiger partial charge in [0.1, 0.15) is 17.0 Å². The van der Waals surface area contributed by atoms with Gasteiger partial charge in [0.25, 0.3) is 0 Å². The minimum absolute atomic E-state index is 0.0177. The van der Waals surface area contributed by atoms with Crippen LogP contribution in [0.5, 0.6) is 11.5 Å². The second kappa shape index (κ2) is 9.72. The van der Waals surface area contributed by atoms with Crippen molar-refractivity contribution in [2.45, 2.75) is 72.2 Å². The zero-order valence-corrected chi connectivity index (χ0v) is 19.8. The molecule has 0 bridgehead atoms. The summed E-state index contributed by atoms with van der Waals surface area (Å²) in [6.07, 6.45) is 0.267. The lowest BCUT2D eigenvalue weighted by Gasteiger charge is -2.35. The molecule has 0 heterocycles. The van der Waals surface area contributed by atoms with Gasteiger partial charge in [-0.3, -0.25) is 0 Å². The summed E-state index contributed by atoms with van der Waals surface area (Å²) < 4.78 is 46.5. The zero-order chi connectivity index (χ0) is 24.3. The van der Waals surface area contributed by atoms with Crippen molar-refractivity contribution < 1.29 is 27.8 Å². The van der Waals surface area contributed by atoms with Crippen LogP contribution in [0.25, 0.3) is 11.1 Å². The van der Waals surface area contributed by atoms with E-state index in [1.54, 1.807) is 58.9 Å². The van der Waals surface area contributed by atoms with Crippen molar-refractivity contribution in [2.24, 2.45) is 0 Å². The number of carbonyl (C=O) groups is 1. The van der Waals surface area contributed by atoms with Gasteiger partial charge >= 0.3 is 5.97 Å². The third-order valence-electron chi connectivity index (χ3n) is 4.54. The molecule has 0 aliphatic carbocycles. The van der Waals surface area contributed by atoms with Gasteiger partial charge in [0, 0.05) is 17.6 Å². The van der Waals surface area contributed by atoms with E-state index in [1.807, 2.05) is 13.8 Å². The van der Waals surface area contributed by atoms with Crippen molar-refractivity contribution in [3.8, 4) is 22.6 Å². The van der Waals surface area contributed by atoms with Crippen LogP contribution < -0.4 is 9.47 Å². The topological polar surface area (TPSA) is 44.8 Å². The van der Waals surface area contributed by atoms with Crippen molar-refractivity contribution in [3.63, 3.8) is 0 Å². The number of ether oxygens (including phenoxy) is 3. The van der Waals surface area contributed by atoms with Crippen molar-refractivity contribution in [1.82, 2.24) is 0 Å². The lowest BCUT2D eigenvalue weighted by molar-refractivity contribution is -0.155. The number of esters is 1. The van der Waals surface area contributed by atoms with Crippen LogP contribution in [0.3, 0.4) is 0 Å². The fraction of sp³-hybridized carbons (Fsp3) is 0.423. The molecule has 0 aliphatic heterocycles. The van der Waals surface area contributed by atoms with Crippen LogP contribution in [-0.4, -0.2) is 23.3 Å². The normalized spacial score (nSPS) is 11.9. The summed E-state index contributed by atoms with van der Waals surface area (Å²) in [5.41, 5.74) is -0.905. The summed E-state index contributed by atoms with van der Waals surface area (Å²) in [4.78, 5) is 11.9. The molecule has 32 heavy (non-hydrogen) atoms. The van der Waals surface area contributed by atoms with E-state index >= 15 is 0 Å². The summed E-state index contributed by atoms with van der Waals surface area (Å²) in [6.45, 7) is 15.9. The van der Waals surface area contributed by atoms with Crippen LogP contribution in [0.1, 0.15) is 54.9 Å². The van der Waals surface area contributed by atoms with Crippen molar-refractivity contribution in [1.29, 1.82) is 0 Å². The molecule has 0 saturated carbocycles. The number of carbonyl (C=O) groups excluding carboxylic acids is 1. The minimum Gasteiger partial charge on any atom is -0.491 e. The Morgan fingerprint density at radius 1 is 0.969 bits per heavy atom. The lowest BCUT2D eigenvalue weighted by atomic mass is 9.92. The first-order valence-electron chi connectivity index (χ1n) is 10.5. The molecule has 0 N–H and O–H groups in total. The molecule has 0 saturated heterocycles. The Kier molecular flexibility index (Phi) is 7.70. The highest BCUT2D eigenvalue weighted by atomic mass is 19.2. The standard InChI is InChI=1S/C26H32F2O4/c1-16(2)24(29)32-26(7,8)15-25(5,6)31-21-14-13-20(22(27)23(21)28)18-9-11-19(12-10-18)30-17(3)4/h9-14,17H,1,15H2,2-8H3. The van der Waals surface area contributed by atoms with Gasteiger partial charge in [-0.25, -0.2) is 9.18 Å². The van der Waals surface area contributed by atoms with E-state index in [1.165, 1.54) is 12.1 Å². The molecule has 0 unspecified atom stereocenters. The van der Waals surface area contributed by atoms with Gasteiger partial charge in [0.2, 0.25) is 5.82 Å². The Morgan fingerprint density at radius 3 is 2.09 bits per heavy atom. The fourth-order valence-electron chi connectivity index (χ4n) is 3.55. The molecular weight excluding hydrogens is 414 g/mol. The minimum atomic E-state index is -1.07. The molecule has 4 nitrogen and oxygen atoms in total. The highest BCUT2D eigenvalue weighted by Crippen LogP contribution is 2.34. The maximum atomic E-state index is 14.9. The molecule has 0 aliphatic rings. The highest BCUT2D eigenvalue weighted by Gasteiger charge is 2.34. The van der Waals surface area contributed by atoms with Crippen molar-refractivity contribution in [2.75, 3.05) is 0 Å². The van der Waals surface area contributed by atoms with Gasteiger partial charge in [0.05, 0.1) is 6.10 Å². The molecule has 174 valence electrons. The van der Waals surface area contributed by atoms with Crippen molar-refractivity contribution in [3.05, 3.63) is 60.2 Å². The highest BCUT2D eigenvalue weighted by molar-refractivity contribution is 5.87. The Balaban J connectivity index is 2.20. The van der Waals surface area contributed by atoms with E-state index in [0.717, 1.165) is 0 Å². The molecule has 6 heteroatoms. The number of rotatable bonds is 9. The summed E-state index contributed by atoms with van der Waals surface area (Å²) in [6, 6.07) is 9.68. The zero-order valence-electron chi connectivity index (χ0n) is 19.8. The molecule has 0 atom stereocenters. The molecule has 0 radical (unpaired) electrons. The third-order valence-corrected chi connectivity index (χ3v) is 4.54. The van der Waals surface area contributed by atoms with Crippen LogP contribution in [0.15, 0.2) is 48.6 Å². The van der Waals surface area contributed by atoms with Gasteiger partial charge in [-0.2, -0.15) is 4.39 Å². The van der Waals surface area contributed by atoms with Gasteiger partial charge in [0.15, 0.2) is 11.6 Å². The van der Waals surface area contributed by atoms with Crippen LogP contribution in [0.4, 0.5) is 8.78 Å². The lowest BCUT2D eigenvalue weighted by Crippen LogP contribution is -2.40. The summed E-state index contributed by atoms with van der Waals surface area (Å²) >= 11 is 0. The largest absolute Gasteiger partial charge is 0.491 e. The Morgan fingerprint density at radius 2 is 1.56 bits per heavy atom. The Hall–Kier alpha value is -2.89. The first-order valence-corrected chi connectivity index (χ1v) is 10.5. The maximum Gasteiger partial charge on any atom is 0.333 e. The van der Waals surface area contributed by atoms with Crippen molar-refractivity contribution >= 4 is 5.97 Å². The maximum absolute atomic E-state index is 14.9. The summed E-state index contributed by atoms with van der Waals surface area (Å²) in [7, 11) is 0. The molecule has 2 aromatic rings. The van der Waals surface area contributed by atoms with E-state index in [9.17, 15) is 13.6 Å². The monoisotopic (exact) mass is 446 g/mol. The first-order chi connectivity index (χ1) is 14.7. The molecule has 0 fully saturated rings. The van der Waals surface area contributed by atoms with E-state index in [4.69, 9.17) is 14.2 Å². The number of hydrogen-bond acceptors (Lipinski definition) is 4. The molecule has 0 spiro atoms. The summed E-state index contributed by atoms with van der Waals surface area (Å²) in [5.74, 6) is -2.14. The average Bonchev–Trinajstić information content (AvgIpc) is 2.64.